The van der Waals surface area contributed by atoms with Gasteiger partial charge in [-0.2, -0.15) is 0 Å². The lowest BCUT2D eigenvalue weighted by Crippen LogP contribution is -2.51. The molecule has 6 rings (SSSR count). The number of aromatic nitrogens is 2. The van der Waals surface area contributed by atoms with Gasteiger partial charge in [-0.05, 0) is 43.1 Å². The van der Waals surface area contributed by atoms with E-state index in [0.717, 1.165) is 129 Å². The summed E-state index contributed by atoms with van der Waals surface area (Å²) in [7, 11) is 33.8. The average Bonchev–Trinajstić information content (AvgIpc) is 3.14. The van der Waals surface area contributed by atoms with Gasteiger partial charge in [0.1, 0.15) is 118 Å². The second-order valence-electron chi connectivity index (χ2n) is 15.9. The van der Waals surface area contributed by atoms with Crippen LogP contribution in [-0.2, 0) is 6.54 Å². The van der Waals surface area contributed by atoms with Gasteiger partial charge in [0, 0.05) is 53.8 Å². The van der Waals surface area contributed by atoms with Crippen molar-refractivity contribution < 1.29 is 0 Å². The number of allylic oxidation sites excluding steroid dienone is 2. The van der Waals surface area contributed by atoms with Crippen LogP contribution in [0.1, 0.15) is 0 Å². The molecule has 4 aromatic carbocycles. The molecule has 2 aromatic heterocycles. The number of pyridine rings is 2. The van der Waals surface area contributed by atoms with E-state index in [2.05, 4.69) is 165 Å². The number of benzene rings is 4. The normalized spacial score (nSPS) is 12.8. The quantitative estimate of drug-likeness (QED) is 0.101. The first-order valence-electron chi connectivity index (χ1n) is 18.8. The zero-order valence-electron chi connectivity index (χ0n) is 34.8. The van der Waals surface area contributed by atoms with Gasteiger partial charge < -0.3 is 9.13 Å². The third-order valence-electron chi connectivity index (χ3n) is 13.5. The number of hydrogen-bond acceptors (Lipinski definition) is 2. The van der Waals surface area contributed by atoms with Crippen LogP contribution in [0.5, 0.6) is 0 Å². The molecule has 0 aliphatic carbocycles. The lowest BCUT2D eigenvalue weighted by molar-refractivity contribution is 0.750. The molecule has 0 radical (unpaired) electrons. The zero-order chi connectivity index (χ0) is 40.3. The second-order valence-corrected chi connectivity index (χ2v) is 17.5. The van der Waals surface area contributed by atoms with Gasteiger partial charge in [0.25, 0.3) is 0 Å². The molecule has 0 saturated carbocycles. The molecule has 0 saturated heterocycles. The Morgan fingerprint density at radius 2 is 0.852 bits per heavy atom. The van der Waals surface area contributed by atoms with E-state index < -0.39 is 0 Å². The molecule has 54 heavy (non-hydrogen) atoms. The Kier molecular flexibility index (Phi) is 10.8. The van der Waals surface area contributed by atoms with Gasteiger partial charge in [0.15, 0.2) is 18.7 Å². The van der Waals surface area contributed by atoms with E-state index in [1.165, 1.54) is 5.46 Å². The molecule has 2 heterocycles. The first-order chi connectivity index (χ1) is 25.1. The summed E-state index contributed by atoms with van der Waals surface area (Å²) in [5.41, 5.74) is 20.7. The molecule has 0 amide bonds. The van der Waals surface area contributed by atoms with E-state index in [1.54, 1.807) is 0 Å². The molecule has 0 aliphatic heterocycles. The molecule has 6 aromatic rings. The number of hydrogen-bond donors (Lipinski definition) is 0. The Morgan fingerprint density at radius 3 is 1.30 bits per heavy atom. The Hall–Kier alpha value is -2.88. The largest absolute Gasteiger partial charge is 0.340 e. The van der Waals surface area contributed by atoms with E-state index in [4.69, 9.17) is 6.42 Å². The summed E-state index contributed by atoms with van der Waals surface area (Å²) in [5, 5.41) is 2.96. The number of nitrogens with zero attached hydrogens (tertiary/aromatic N) is 2. The monoisotopic (exact) mass is 814 g/mol. The summed E-state index contributed by atoms with van der Waals surface area (Å²) in [6.45, 7) is 0.532. The minimum Gasteiger partial charge on any atom is -0.340 e. The van der Waals surface area contributed by atoms with E-state index in [-0.39, 0.29) is 16.7 Å². The number of fused-ring (bicyclic) bond motifs is 4. The Bertz CT molecular complexity index is 2800. The fraction of sp³-hybridized carbons (Fsp3) is 0.0625. The van der Waals surface area contributed by atoms with Crippen LogP contribution in [0.3, 0.4) is 0 Å². The summed E-state index contributed by atoms with van der Waals surface area (Å²) in [6.07, 6.45) is 6.42. The van der Waals surface area contributed by atoms with Crippen molar-refractivity contribution in [2.75, 3.05) is 0 Å². The SMILES string of the molecule is B/C(C#C)=C(/C(B)Cn1c2c(B)c(B)c(B)c(B)c2c(=O)c2c(B)c(B)c(B)c(Br)c21)n1c2c(B)c(B)c(B)c(B)c2c(=O)c2c(B)c(B)c(B)c(Br)c21. The maximum Gasteiger partial charge on any atom is 0.196 e. The van der Waals surface area contributed by atoms with E-state index in [0.29, 0.717) is 11.9 Å². The lowest BCUT2D eigenvalue weighted by atomic mass is 9.64. The van der Waals surface area contributed by atoms with E-state index in [9.17, 15) is 9.59 Å². The van der Waals surface area contributed by atoms with Crippen molar-refractivity contribution in [2.45, 2.75) is 12.4 Å². The molecular formula is C32H36B16Br2N2O2. The Labute approximate surface area is 349 Å². The third kappa shape index (κ3) is 5.55. The van der Waals surface area contributed by atoms with Crippen LogP contribution in [-0.4, -0.2) is 135 Å². The highest BCUT2D eigenvalue weighted by Crippen LogP contribution is 2.34. The third-order valence-corrected chi connectivity index (χ3v) is 15.5. The average molecular weight is 813 g/mol. The molecule has 1 atom stereocenters. The molecule has 0 spiro atoms. The van der Waals surface area contributed by atoms with Gasteiger partial charge >= 0.3 is 0 Å². The molecule has 0 aliphatic rings. The van der Waals surface area contributed by atoms with Crippen LogP contribution in [0.4, 0.5) is 0 Å². The van der Waals surface area contributed by atoms with E-state index >= 15 is 0 Å². The predicted molar refractivity (Wildman–Crippen MR) is 294 cm³/mol. The highest BCUT2D eigenvalue weighted by atomic mass is 79.9. The molecule has 4 nitrogen and oxygen atoms in total. The summed E-state index contributed by atoms with van der Waals surface area (Å²) in [4.78, 5) is 29.7. The first kappa shape index (κ1) is 40.8. The molecular weight excluding hydrogens is 777 g/mol. The van der Waals surface area contributed by atoms with Gasteiger partial charge in [-0.25, -0.2) is 0 Å². The zero-order valence-corrected chi connectivity index (χ0v) is 38.0. The summed E-state index contributed by atoms with van der Waals surface area (Å²) in [6, 6.07) is 0. The number of terminal acetylenes is 1. The first-order valence-corrected chi connectivity index (χ1v) is 20.4. The topological polar surface area (TPSA) is 44.0 Å². The van der Waals surface area contributed by atoms with Gasteiger partial charge in [0.05, 0.1) is 11.0 Å². The highest BCUT2D eigenvalue weighted by molar-refractivity contribution is 9.11. The van der Waals surface area contributed by atoms with Crippen molar-refractivity contribution in [1.29, 1.82) is 0 Å². The molecule has 0 fully saturated rings. The van der Waals surface area contributed by atoms with Gasteiger partial charge in [-0.1, -0.05) is 71.5 Å². The van der Waals surface area contributed by atoms with Crippen molar-refractivity contribution in [3.05, 3.63) is 34.9 Å². The molecule has 0 N–H and O–H groups in total. The van der Waals surface area contributed by atoms with Crippen LogP contribution in [0, 0.1) is 12.3 Å². The van der Waals surface area contributed by atoms with Gasteiger partial charge in [-0.3, -0.25) is 9.59 Å². The second kappa shape index (κ2) is 14.2. The lowest BCUT2D eigenvalue weighted by Gasteiger charge is -2.31. The van der Waals surface area contributed by atoms with Crippen LogP contribution in [0.15, 0.2) is 24.0 Å². The maximum absolute atomic E-state index is 14.9. The smallest absolute Gasteiger partial charge is 0.196 e. The summed E-state index contributed by atoms with van der Waals surface area (Å²) >= 11 is 8.04. The Balaban J connectivity index is 1.88. The highest BCUT2D eigenvalue weighted by Gasteiger charge is 2.29. The van der Waals surface area contributed by atoms with Crippen molar-refractivity contribution in [2.24, 2.45) is 0 Å². The fourth-order valence-corrected chi connectivity index (χ4v) is 10.4. The van der Waals surface area contributed by atoms with Crippen LogP contribution in [0.2, 0.25) is 5.82 Å². The van der Waals surface area contributed by atoms with Crippen molar-refractivity contribution in [1.82, 2.24) is 9.13 Å². The van der Waals surface area contributed by atoms with Crippen molar-refractivity contribution in [3.8, 4) is 12.3 Å². The molecule has 248 valence electrons. The standard InChI is InChI=1S/C32H36B16Br2N2O2/c1-2-4(33)26(52-28-7(11(36)15(40)19(44)23(28)48)32(54)9-13(38)17(42)21(46)25(50)30(9)52)5(34)3-51-27-6(10(35)14(39)18(43)22(27)47)31(53)8-12(37)16(41)20(45)24(49)29(8)51/h1,5H,3,33-48H2/b26-4-. The van der Waals surface area contributed by atoms with Crippen LogP contribution >= 0.6 is 31.9 Å². The maximum atomic E-state index is 14.9. The van der Waals surface area contributed by atoms with Crippen LogP contribution in [0.25, 0.3) is 49.3 Å². The van der Waals surface area contributed by atoms with Crippen molar-refractivity contribution in [3.63, 3.8) is 0 Å². The van der Waals surface area contributed by atoms with Gasteiger partial charge in [0.2, 0.25) is 0 Å². The number of rotatable bonds is 4. The number of halogens is 2. The summed E-state index contributed by atoms with van der Waals surface area (Å²) < 4.78 is 6.53. The molecule has 1 unspecified atom stereocenters. The Morgan fingerprint density at radius 1 is 0.519 bits per heavy atom. The van der Waals surface area contributed by atoms with E-state index in [1.807, 2.05) is 7.85 Å². The van der Waals surface area contributed by atoms with Gasteiger partial charge in [-0.15, -0.1) is 17.3 Å². The fourth-order valence-electron chi connectivity index (χ4n) is 9.06. The van der Waals surface area contributed by atoms with Crippen LogP contribution < -0.4 is 87.3 Å². The minimum atomic E-state index is -0.172. The molecule has 22 heteroatoms. The van der Waals surface area contributed by atoms with Crippen molar-refractivity contribution >= 4 is 283 Å². The summed E-state index contributed by atoms with van der Waals surface area (Å²) in [5.74, 6) is 2.88. The minimum absolute atomic E-state index is 0.0474. The molecule has 0 bridgehead atoms. The predicted octanol–water partition coefficient (Wildman–Crippen LogP) is -18.7.